The molecular weight excluding hydrogens is 256 g/mol. The van der Waals surface area contributed by atoms with Gasteiger partial charge in [-0.25, -0.2) is 0 Å². The molecule has 1 aliphatic rings. The summed E-state index contributed by atoms with van der Waals surface area (Å²) < 4.78 is 0. The molecule has 104 valence electrons. The Bertz CT molecular complexity index is 413. The van der Waals surface area contributed by atoms with Gasteiger partial charge in [-0.1, -0.05) is 18.6 Å². The Hall–Kier alpha value is -1.00. The molecule has 1 N–H and O–H groups in total. The van der Waals surface area contributed by atoms with Gasteiger partial charge in [-0.3, -0.25) is 4.79 Å². The van der Waals surface area contributed by atoms with Crippen molar-refractivity contribution in [3.05, 3.63) is 29.8 Å². The third kappa shape index (κ3) is 3.98. The van der Waals surface area contributed by atoms with Crippen LogP contribution in [0.3, 0.4) is 0 Å². The smallest absolute Gasteiger partial charge is 0.239 e. The van der Waals surface area contributed by atoms with Crippen LogP contribution >= 0.6 is 11.8 Å². The van der Waals surface area contributed by atoms with Crippen LogP contribution in [-0.2, 0) is 11.3 Å². The summed E-state index contributed by atoms with van der Waals surface area (Å²) in [6.07, 6.45) is 5.37. The van der Waals surface area contributed by atoms with Crippen LogP contribution in [-0.4, -0.2) is 36.7 Å². The van der Waals surface area contributed by atoms with Gasteiger partial charge in [0, 0.05) is 18.5 Å². The monoisotopic (exact) mass is 278 g/mol. The molecule has 0 saturated carbocycles. The minimum absolute atomic E-state index is 0.0178. The number of carbonyl (C=O) groups is 1. The van der Waals surface area contributed by atoms with Crippen LogP contribution in [0.4, 0.5) is 0 Å². The maximum atomic E-state index is 12.3. The standard InChI is InChI=1S/C15H22N2OS/c1-17(15(18)14-5-3-4-10-16-14)11-12-6-8-13(19-2)9-7-12/h6-9,14,16H,3-5,10-11H2,1-2H3/t14-/m1/s1. The Morgan fingerprint density at radius 3 is 2.68 bits per heavy atom. The van der Waals surface area contributed by atoms with Gasteiger partial charge in [0.1, 0.15) is 0 Å². The highest BCUT2D eigenvalue weighted by Gasteiger charge is 2.23. The Morgan fingerprint density at radius 2 is 2.11 bits per heavy atom. The summed E-state index contributed by atoms with van der Waals surface area (Å²) in [5.41, 5.74) is 1.18. The van der Waals surface area contributed by atoms with E-state index in [1.54, 1.807) is 11.8 Å². The first-order valence-corrected chi connectivity index (χ1v) is 8.04. The van der Waals surface area contributed by atoms with Crippen LogP contribution < -0.4 is 5.32 Å². The molecule has 1 heterocycles. The third-order valence-corrected chi connectivity index (χ3v) is 4.31. The number of hydrogen-bond donors (Lipinski definition) is 1. The lowest BCUT2D eigenvalue weighted by molar-refractivity contribution is -0.133. The average Bonchev–Trinajstić information content (AvgIpc) is 2.48. The Balaban J connectivity index is 1.91. The second-order valence-corrected chi connectivity index (χ2v) is 5.92. The van der Waals surface area contributed by atoms with E-state index in [9.17, 15) is 4.79 Å². The number of benzene rings is 1. The van der Waals surface area contributed by atoms with Crippen molar-refractivity contribution in [2.75, 3.05) is 19.8 Å². The Labute approximate surface area is 119 Å². The van der Waals surface area contributed by atoms with Crippen molar-refractivity contribution < 1.29 is 4.79 Å². The van der Waals surface area contributed by atoms with Crippen molar-refractivity contribution in [2.24, 2.45) is 0 Å². The summed E-state index contributed by atoms with van der Waals surface area (Å²) in [5.74, 6) is 0.216. The number of amides is 1. The molecule has 19 heavy (non-hydrogen) atoms. The van der Waals surface area contributed by atoms with Gasteiger partial charge in [0.25, 0.3) is 0 Å². The molecule has 0 unspecified atom stereocenters. The molecule has 1 fully saturated rings. The fourth-order valence-corrected chi connectivity index (χ4v) is 2.82. The molecule has 1 aromatic carbocycles. The van der Waals surface area contributed by atoms with E-state index in [0.29, 0.717) is 6.54 Å². The van der Waals surface area contributed by atoms with E-state index >= 15 is 0 Å². The number of nitrogens with one attached hydrogen (secondary N) is 1. The number of hydrogen-bond acceptors (Lipinski definition) is 3. The molecule has 4 heteroatoms. The van der Waals surface area contributed by atoms with E-state index in [0.717, 1.165) is 19.4 Å². The predicted molar refractivity (Wildman–Crippen MR) is 80.3 cm³/mol. The lowest BCUT2D eigenvalue weighted by Crippen LogP contribution is -2.46. The molecule has 0 spiro atoms. The average molecular weight is 278 g/mol. The molecule has 3 nitrogen and oxygen atoms in total. The van der Waals surface area contributed by atoms with Crippen molar-refractivity contribution in [1.82, 2.24) is 10.2 Å². The maximum Gasteiger partial charge on any atom is 0.239 e. The molecule has 1 atom stereocenters. The highest BCUT2D eigenvalue weighted by molar-refractivity contribution is 7.98. The largest absolute Gasteiger partial charge is 0.340 e. The molecule has 0 aliphatic carbocycles. The maximum absolute atomic E-state index is 12.3. The number of likely N-dealkylation sites (N-methyl/N-ethyl adjacent to an activating group) is 1. The molecule has 2 rings (SSSR count). The van der Waals surface area contributed by atoms with E-state index in [2.05, 4.69) is 35.8 Å². The molecule has 1 amide bonds. The highest BCUT2D eigenvalue weighted by atomic mass is 32.2. The fraction of sp³-hybridized carbons (Fsp3) is 0.533. The minimum atomic E-state index is 0.0178. The van der Waals surface area contributed by atoms with Gasteiger partial charge in [0.2, 0.25) is 5.91 Å². The topological polar surface area (TPSA) is 32.3 Å². The number of carbonyl (C=O) groups excluding carboxylic acids is 1. The van der Waals surface area contributed by atoms with Crippen molar-refractivity contribution in [3.8, 4) is 0 Å². The van der Waals surface area contributed by atoms with Gasteiger partial charge < -0.3 is 10.2 Å². The number of nitrogens with zero attached hydrogens (tertiary/aromatic N) is 1. The summed E-state index contributed by atoms with van der Waals surface area (Å²) in [7, 11) is 1.89. The molecule has 1 saturated heterocycles. The summed E-state index contributed by atoms with van der Waals surface area (Å²) in [5, 5.41) is 3.31. The predicted octanol–water partition coefficient (Wildman–Crippen LogP) is 2.51. The van der Waals surface area contributed by atoms with Crippen molar-refractivity contribution in [3.63, 3.8) is 0 Å². The second kappa shape index (κ2) is 6.96. The quantitative estimate of drug-likeness (QED) is 0.859. The van der Waals surface area contributed by atoms with Crippen LogP contribution in [0.15, 0.2) is 29.2 Å². The second-order valence-electron chi connectivity index (χ2n) is 5.04. The summed E-state index contributed by atoms with van der Waals surface area (Å²) in [4.78, 5) is 15.4. The van der Waals surface area contributed by atoms with Crippen molar-refractivity contribution >= 4 is 17.7 Å². The van der Waals surface area contributed by atoms with E-state index in [-0.39, 0.29) is 11.9 Å². The van der Waals surface area contributed by atoms with Gasteiger partial charge in [-0.2, -0.15) is 0 Å². The van der Waals surface area contributed by atoms with Gasteiger partial charge >= 0.3 is 0 Å². The van der Waals surface area contributed by atoms with Gasteiger partial charge in [0.05, 0.1) is 6.04 Å². The van der Waals surface area contributed by atoms with Gasteiger partial charge in [-0.05, 0) is 43.3 Å². The Kier molecular flexibility index (Phi) is 5.28. The lowest BCUT2D eigenvalue weighted by Gasteiger charge is -2.27. The Morgan fingerprint density at radius 1 is 1.37 bits per heavy atom. The van der Waals surface area contributed by atoms with E-state index < -0.39 is 0 Å². The zero-order valence-electron chi connectivity index (χ0n) is 11.7. The third-order valence-electron chi connectivity index (χ3n) is 3.56. The number of rotatable bonds is 4. The summed E-state index contributed by atoms with van der Waals surface area (Å²) in [6.45, 7) is 1.65. The zero-order chi connectivity index (χ0) is 13.7. The SMILES string of the molecule is CSc1ccc(CN(C)C(=O)[C@H]2CCCCN2)cc1. The first-order chi connectivity index (χ1) is 9.20. The van der Waals surface area contributed by atoms with Crippen LogP contribution in [0, 0.1) is 0 Å². The molecule has 0 bridgehead atoms. The normalized spacial score (nSPS) is 19.2. The van der Waals surface area contributed by atoms with Crippen molar-refractivity contribution in [2.45, 2.75) is 36.7 Å². The van der Waals surface area contributed by atoms with Crippen LogP contribution in [0.2, 0.25) is 0 Å². The summed E-state index contributed by atoms with van der Waals surface area (Å²) >= 11 is 1.73. The highest BCUT2D eigenvalue weighted by Crippen LogP contribution is 2.16. The number of piperidine rings is 1. The molecule has 0 radical (unpaired) electrons. The van der Waals surface area contributed by atoms with Crippen molar-refractivity contribution in [1.29, 1.82) is 0 Å². The molecule has 1 aliphatic heterocycles. The van der Waals surface area contributed by atoms with E-state index in [4.69, 9.17) is 0 Å². The minimum Gasteiger partial charge on any atom is -0.340 e. The zero-order valence-corrected chi connectivity index (χ0v) is 12.5. The van der Waals surface area contributed by atoms with Crippen LogP contribution in [0.5, 0.6) is 0 Å². The fourth-order valence-electron chi connectivity index (χ4n) is 2.41. The molecule has 1 aromatic rings. The molecular formula is C15H22N2OS. The van der Waals surface area contributed by atoms with E-state index in [1.165, 1.54) is 16.9 Å². The van der Waals surface area contributed by atoms with Gasteiger partial charge in [0.15, 0.2) is 0 Å². The number of thioether (sulfide) groups is 1. The van der Waals surface area contributed by atoms with E-state index in [1.807, 2.05) is 11.9 Å². The lowest BCUT2D eigenvalue weighted by atomic mass is 10.0. The van der Waals surface area contributed by atoms with Gasteiger partial charge in [-0.15, -0.1) is 11.8 Å². The first kappa shape index (κ1) is 14.4. The summed E-state index contributed by atoms with van der Waals surface area (Å²) in [6, 6.07) is 8.44. The van der Waals surface area contributed by atoms with Crippen LogP contribution in [0.1, 0.15) is 24.8 Å². The molecule has 0 aromatic heterocycles. The van der Waals surface area contributed by atoms with Crippen LogP contribution in [0.25, 0.3) is 0 Å². The first-order valence-electron chi connectivity index (χ1n) is 6.82.